The number of aryl methyl sites for hydroxylation is 1. The minimum Gasteiger partial charge on any atom is -0.383 e. The van der Waals surface area contributed by atoms with Gasteiger partial charge in [-0.2, -0.15) is 5.10 Å². The highest BCUT2D eigenvalue weighted by atomic mass is 16.2. The quantitative estimate of drug-likeness (QED) is 0.459. The number of anilines is 3. The number of nitrogens with one attached hydrogen (secondary N) is 2. The van der Waals surface area contributed by atoms with Crippen LogP contribution in [0.2, 0.25) is 0 Å². The average Bonchev–Trinajstić information content (AvgIpc) is 3.22. The van der Waals surface area contributed by atoms with E-state index >= 15 is 0 Å². The summed E-state index contributed by atoms with van der Waals surface area (Å²) in [5.41, 5.74) is 9.13. The van der Waals surface area contributed by atoms with Crippen LogP contribution in [0.1, 0.15) is 19.4 Å². The van der Waals surface area contributed by atoms with E-state index in [1.807, 2.05) is 30.3 Å². The molecule has 0 aliphatic heterocycles. The molecule has 8 nitrogen and oxygen atoms in total. The summed E-state index contributed by atoms with van der Waals surface area (Å²) in [7, 11) is 1.61. The summed E-state index contributed by atoms with van der Waals surface area (Å²) in [5, 5.41) is 12.0. The smallest absolute Gasteiger partial charge is 0.247 e. The summed E-state index contributed by atoms with van der Waals surface area (Å²) in [6, 6.07) is 12.0. The number of aromatic nitrogens is 4. The van der Waals surface area contributed by atoms with Gasteiger partial charge in [0, 0.05) is 30.4 Å². The molecule has 3 heterocycles. The number of amides is 1. The molecule has 4 rings (SSSR count). The number of carbonyl (C=O) groups excluding carboxylic acids is 1. The van der Waals surface area contributed by atoms with Crippen LogP contribution < -0.4 is 16.4 Å². The fourth-order valence-corrected chi connectivity index (χ4v) is 3.49. The lowest BCUT2D eigenvalue weighted by Crippen LogP contribution is -2.43. The molecule has 8 heteroatoms. The second-order valence-corrected chi connectivity index (χ2v) is 7.94. The number of nitrogens with two attached hydrogens (primary N) is 1. The van der Waals surface area contributed by atoms with Crippen molar-refractivity contribution in [2.75, 3.05) is 18.1 Å². The van der Waals surface area contributed by atoms with Crippen LogP contribution >= 0.6 is 0 Å². The zero-order valence-corrected chi connectivity index (χ0v) is 18.0. The monoisotopic (exact) mass is 415 g/mol. The lowest BCUT2D eigenvalue weighted by molar-refractivity contribution is -0.128. The molecule has 4 aromatic rings. The van der Waals surface area contributed by atoms with E-state index in [9.17, 15) is 4.79 Å². The van der Waals surface area contributed by atoms with E-state index in [2.05, 4.69) is 38.7 Å². The van der Waals surface area contributed by atoms with Crippen LogP contribution in [-0.4, -0.2) is 32.7 Å². The second-order valence-electron chi connectivity index (χ2n) is 7.94. The molecule has 31 heavy (non-hydrogen) atoms. The van der Waals surface area contributed by atoms with Crippen LogP contribution in [0.25, 0.3) is 22.0 Å². The number of benzene rings is 1. The molecule has 1 aromatic carbocycles. The van der Waals surface area contributed by atoms with Crippen LogP contribution in [0.5, 0.6) is 0 Å². The van der Waals surface area contributed by atoms with Gasteiger partial charge in [-0.3, -0.25) is 9.48 Å². The number of carbonyl (C=O) groups is 1. The second kappa shape index (κ2) is 7.71. The lowest BCUT2D eigenvalue weighted by atomic mass is 10.0. The van der Waals surface area contributed by atoms with Crippen molar-refractivity contribution in [1.82, 2.24) is 25.1 Å². The first-order chi connectivity index (χ1) is 14.8. The van der Waals surface area contributed by atoms with Crippen molar-refractivity contribution < 1.29 is 4.79 Å². The Hall–Kier alpha value is -3.94. The molecule has 158 valence electrons. The summed E-state index contributed by atoms with van der Waals surface area (Å²) in [4.78, 5) is 21.2. The maximum Gasteiger partial charge on any atom is 0.247 e. The molecule has 1 amide bonds. The number of hydrogen-bond donors (Lipinski definition) is 3. The molecule has 0 spiro atoms. The van der Waals surface area contributed by atoms with Gasteiger partial charge in [-0.05, 0) is 43.9 Å². The normalized spacial score (nSPS) is 11.5. The van der Waals surface area contributed by atoms with E-state index in [4.69, 9.17) is 5.73 Å². The van der Waals surface area contributed by atoms with Crippen molar-refractivity contribution in [1.29, 1.82) is 0 Å². The zero-order valence-electron chi connectivity index (χ0n) is 18.0. The lowest BCUT2D eigenvalue weighted by Gasteiger charge is -2.22. The zero-order chi connectivity index (χ0) is 22.2. The third-order valence-electron chi connectivity index (χ3n) is 5.38. The van der Waals surface area contributed by atoms with Gasteiger partial charge in [-0.15, -0.1) is 0 Å². The van der Waals surface area contributed by atoms with Gasteiger partial charge in [0.05, 0.1) is 17.6 Å². The third-order valence-corrected chi connectivity index (χ3v) is 5.38. The average molecular weight is 416 g/mol. The summed E-state index contributed by atoms with van der Waals surface area (Å²) >= 11 is 0. The van der Waals surface area contributed by atoms with Crippen molar-refractivity contribution in [3.63, 3.8) is 0 Å². The highest BCUT2D eigenvalue weighted by molar-refractivity contribution is 5.95. The number of pyridine rings is 2. The highest BCUT2D eigenvalue weighted by Gasteiger charge is 2.29. The van der Waals surface area contributed by atoms with Crippen molar-refractivity contribution in [2.45, 2.75) is 26.3 Å². The van der Waals surface area contributed by atoms with Crippen LogP contribution in [-0.2, 0) is 10.3 Å². The molecule has 0 aliphatic carbocycles. The van der Waals surface area contributed by atoms with Crippen molar-refractivity contribution in [3.8, 4) is 11.3 Å². The summed E-state index contributed by atoms with van der Waals surface area (Å²) < 4.78 is 1.62. The van der Waals surface area contributed by atoms with Gasteiger partial charge in [0.25, 0.3) is 0 Å². The highest BCUT2D eigenvalue weighted by Crippen LogP contribution is 2.29. The maximum atomic E-state index is 12.1. The number of likely N-dealkylation sites (N-methyl/N-ethyl adjacent to an activating group) is 1. The largest absolute Gasteiger partial charge is 0.383 e. The van der Waals surface area contributed by atoms with E-state index in [-0.39, 0.29) is 5.91 Å². The van der Waals surface area contributed by atoms with E-state index in [1.54, 1.807) is 44.2 Å². The third kappa shape index (κ3) is 3.79. The van der Waals surface area contributed by atoms with Crippen LogP contribution in [0.3, 0.4) is 0 Å². The predicted molar refractivity (Wildman–Crippen MR) is 123 cm³/mol. The van der Waals surface area contributed by atoms with E-state index < -0.39 is 5.54 Å². The van der Waals surface area contributed by atoms with Crippen LogP contribution in [0, 0.1) is 6.92 Å². The minimum absolute atomic E-state index is 0.127. The standard InChI is InChI=1S/C23H25N7O/c1-14-7-5-6-8-17(14)19-9-15-10-20(26-12-18(15)21(24)29-19)28-16-11-27-30(13-16)23(2,3)22(31)25-4/h5-13H,1-4H3,(H2,24,29)(H,25,31)(H,26,28). The van der Waals surface area contributed by atoms with Crippen LogP contribution in [0.4, 0.5) is 17.3 Å². The predicted octanol–water partition coefficient (Wildman–Crippen LogP) is 3.61. The van der Waals surface area contributed by atoms with E-state index in [0.717, 1.165) is 33.3 Å². The Kier molecular flexibility index (Phi) is 5.06. The summed E-state index contributed by atoms with van der Waals surface area (Å²) in [6.07, 6.45) is 5.15. The van der Waals surface area contributed by atoms with Crippen molar-refractivity contribution in [2.24, 2.45) is 0 Å². The number of fused-ring (bicyclic) bond motifs is 1. The van der Waals surface area contributed by atoms with E-state index in [0.29, 0.717) is 11.6 Å². The Morgan fingerprint density at radius 2 is 1.94 bits per heavy atom. The van der Waals surface area contributed by atoms with E-state index in [1.165, 1.54) is 0 Å². The Morgan fingerprint density at radius 3 is 2.68 bits per heavy atom. The molecule has 0 atom stereocenters. The molecule has 0 saturated carbocycles. The number of nitrogen functional groups attached to an aromatic ring is 1. The minimum atomic E-state index is -0.811. The molecule has 0 bridgehead atoms. The van der Waals surface area contributed by atoms with Crippen molar-refractivity contribution in [3.05, 3.63) is 60.6 Å². The fourth-order valence-electron chi connectivity index (χ4n) is 3.49. The molecule has 3 aromatic heterocycles. The molecule has 0 unspecified atom stereocenters. The van der Waals surface area contributed by atoms with Gasteiger partial charge in [-0.25, -0.2) is 9.97 Å². The first-order valence-corrected chi connectivity index (χ1v) is 9.96. The molecular formula is C23H25N7O. The molecule has 0 radical (unpaired) electrons. The molecule has 4 N–H and O–H groups in total. The van der Waals surface area contributed by atoms with Crippen LogP contribution in [0.15, 0.2) is 55.0 Å². The Labute approximate surface area is 180 Å². The van der Waals surface area contributed by atoms with Gasteiger partial charge >= 0.3 is 0 Å². The Balaban J connectivity index is 1.67. The SMILES string of the molecule is CNC(=O)C(C)(C)n1cc(Nc2cc3cc(-c4ccccc4C)nc(N)c3cn2)cn1. The fraction of sp³-hybridized carbons (Fsp3) is 0.217. The Morgan fingerprint density at radius 1 is 1.16 bits per heavy atom. The first-order valence-electron chi connectivity index (χ1n) is 9.96. The van der Waals surface area contributed by atoms with Gasteiger partial charge in [-0.1, -0.05) is 24.3 Å². The van der Waals surface area contributed by atoms with Gasteiger partial charge in [0.1, 0.15) is 17.2 Å². The maximum absolute atomic E-state index is 12.1. The van der Waals surface area contributed by atoms with Crippen molar-refractivity contribution >= 4 is 34.0 Å². The first kappa shape index (κ1) is 20.3. The molecule has 0 fully saturated rings. The number of hydrogen-bond acceptors (Lipinski definition) is 6. The van der Waals surface area contributed by atoms with Gasteiger partial charge in [0.2, 0.25) is 5.91 Å². The topological polar surface area (TPSA) is 111 Å². The molecule has 0 saturated heterocycles. The number of rotatable bonds is 5. The van der Waals surface area contributed by atoms with Gasteiger partial charge in [0.15, 0.2) is 0 Å². The molecular weight excluding hydrogens is 390 g/mol. The summed E-state index contributed by atoms with van der Waals surface area (Å²) in [6.45, 7) is 5.66. The summed E-state index contributed by atoms with van der Waals surface area (Å²) in [5.74, 6) is 0.957. The number of nitrogens with zero attached hydrogens (tertiary/aromatic N) is 4. The van der Waals surface area contributed by atoms with Gasteiger partial charge < -0.3 is 16.4 Å². The molecule has 0 aliphatic rings. The Bertz CT molecular complexity index is 1280.